The van der Waals surface area contributed by atoms with Gasteiger partial charge in [0.05, 0.1) is 31.6 Å². The Morgan fingerprint density at radius 3 is 3.00 bits per heavy atom. The van der Waals surface area contributed by atoms with Crippen LogP contribution in [0.15, 0.2) is 18.2 Å². The van der Waals surface area contributed by atoms with E-state index in [9.17, 15) is 9.18 Å². The summed E-state index contributed by atoms with van der Waals surface area (Å²) in [6.07, 6.45) is -0.152. The van der Waals surface area contributed by atoms with E-state index in [0.717, 1.165) is 6.07 Å². The third-order valence-corrected chi connectivity index (χ3v) is 2.64. The first-order valence-electron chi connectivity index (χ1n) is 5.69. The predicted molar refractivity (Wildman–Crippen MR) is 63.7 cm³/mol. The van der Waals surface area contributed by atoms with Crippen LogP contribution in [0.2, 0.25) is 0 Å². The first kappa shape index (κ1) is 12.8. The molecule has 0 aromatic heterocycles. The summed E-state index contributed by atoms with van der Waals surface area (Å²) in [5.41, 5.74) is 5.59. The Morgan fingerprint density at radius 2 is 2.33 bits per heavy atom. The zero-order valence-corrected chi connectivity index (χ0v) is 9.82. The lowest BCUT2D eigenvalue weighted by Gasteiger charge is -2.23. The van der Waals surface area contributed by atoms with Crippen molar-refractivity contribution in [3.05, 3.63) is 29.6 Å². The summed E-state index contributed by atoms with van der Waals surface area (Å²) in [6, 6.07) is 3.96. The quantitative estimate of drug-likeness (QED) is 0.773. The summed E-state index contributed by atoms with van der Waals surface area (Å²) in [5, 5.41) is 2.66. The maximum atomic E-state index is 13.2. The van der Waals surface area contributed by atoms with Gasteiger partial charge >= 0.3 is 0 Å². The topological polar surface area (TPSA) is 73.6 Å². The van der Waals surface area contributed by atoms with Crippen molar-refractivity contribution in [3.63, 3.8) is 0 Å². The SMILES string of the molecule is Nc1ccc(C(=O)NCC2COCCO2)cc1F. The monoisotopic (exact) mass is 254 g/mol. The average molecular weight is 254 g/mol. The molecule has 18 heavy (non-hydrogen) atoms. The van der Waals surface area contributed by atoms with E-state index in [2.05, 4.69) is 5.32 Å². The summed E-state index contributed by atoms with van der Waals surface area (Å²) in [7, 11) is 0. The number of halogens is 1. The van der Waals surface area contributed by atoms with Gasteiger partial charge in [-0.1, -0.05) is 0 Å². The van der Waals surface area contributed by atoms with Crippen LogP contribution >= 0.6 is 0 Å². The van der Waals surface area contributed by atoms with Gasteiger partial charge < -0.3 is 20.5 Å². The van der Waals surface area contributed by atoms with Gasteiger partial charge in [-0.05, 0) is 18.2 Å². The maximum Gasteiger partial charge on any atom is 0.251 e. The van der Waals surface area contributed by atoms with Crippen molar-refractivity contribution in [1.82, 2.24) is 5.32 Å². The largest absolute Gasteiger partial charge is 0.396 e. The normalized spacial score (nSPS) is 19.5. The zero-order valence-electron chi connectivity index (χ0n) is 9.82. The van der Waals surface area contributed by atoms with Crippen molar-refractivity contribution in [2.75, 3.05) is 32.1 Å². The van der Waals surface area contributed by atoms with E-state index in [1.807, 2.05) is 0 Å². The van der Waals surface area contributed by atoms with Crippen LogP contribution in [0.5, 0.6) is 0 Å². The maximum absolute atomic E-state index is 13.2. The van der Waals surface area contributed by atoms with Crippen molar-refractivity contribution in [2.24, 2.45) is 0 Å². The molecule has 1 aliphatic rings. The van der Waals surface area contributed by atoms with Gasteiger partial charge in [-0.15, -0.1) is 0 Å². The summed E-state index contributed by atoms with van der Waals surface area (Å²) in [5.74, 6) is -0.956. The van der Waals surface area contributed by atoms with Gasteiger partial charge in [0.1, 0.15) is 5.82 Å². The third kappa shape index (κ3) is 3.18. The Bertz CT molecular complexity index is 433. The Hall–Kier alpha value is -1.66. The molecule has 1 heterocycles. The highest BCUT2D eigenvalue weighted by Gasteiger charge is 2.16. The second kappa shape index (κ2) is 5.79. The van der Waals surface area contributed by atoms with Crippen LogP contribution in [0.4, 0.5) is 10.1 Å². The minimum atomic E-state index is -0.597. The number of benzene rings is 1. The Kier molecular flexibility index (Phi) is 4.11. The highest BCUT2D eigenvalue weighted by molar-refractivity contribution is 5.94. The van der Waals surface area contributed by atoms with Gasteiger partial charge in [-0.25, -0.2) is 4.39 Å². The summed E-state index contributed by atoms with van der Waals surface area (Å²) >= 11 is 0. The van der Waals surface area contributed by atoms with Gasteiger partial charge in [0.15, 0.2) is 0 Å². The summed E-state index contributed by atoms with van der Waals surface area (Å²) in [6.45, 7) is 1.89. The molecule has 98 valence electrons. The van der Waals surface area contributed by atoms with E-state index in [0.29, 0.717) is 26.4 Å². The first-order valence-corrected chi connectivity index (χ1v) is 5.69. The first-order chi connectivity index (χ1) is 8.66. The number of hydrogen-bond donors (Lipinski definition) is 2. The molecule has 2 rings (SSSR count). The van der Waals surface area contributed by atoms with Gasteiger partial charge in [-0.3, -0.25) is 4.79 Å². The highest BCUT2D eigenvalue weighted by Crippen LogP contribution is 2.11. The van der Waals surface area contributed by atoms with Gasteiger partial charge in [0.25, 0.3) is 5.91 Å². The number of carbonyl (C=O) groups is 1. The predicted octanol–water partition coefficient (Wildman–Crippen LogP) is 0.553. The molecule has 1 aromatic rings. The fourth-order valence-electron chi connectivity index (χ4n) is 1.63. The Morgan fingerprint density at radius 1 is 1.50 bits per heavy atom. The lowest BCUT2D eigenvalue weighted by atomic mass is 10.2. The third-order valence-electron chi connectivity index (χ3n) is 2.64. The van der Waals surface area contributed by atoms with Crippen molar-refractivity contribution in [3.8, 4) is 0 Å². The van der Waals surface area contributed by atoms with Crippen LogP contribution in [-0.2, 0) is 9.47 Å². The minimum absolute atomic E-state index is 0.0237. The van der Waals surface area contributed by atoms with Crippen molar-refractivity contribution < 1.29 is 18.7 Å². The molecular weight excluding hydrogens is 239 g/mol. The van der Waals surface area contributed by atoms with E-state index in [1.54, 1.807) is 0 Å². The second-order valence-corrected chi connectivity index (χ2v) is 4.01. The standard InChI is InChI=1S/C12H15FN2O3/c13-10-5-8(1-2-11(10)14)12(16)15-6-9-7-17-3-4-18-9/h1-2,5,9H,3-4,6-7,14H2,(H,15,16). The number of carbonyl (C=O) groups excluding carboxylic acids is 1. The van der Waals surface area contributed by atoms with E-state index >= 15 is 0 Å². The van der Waals surface area contributed by atoms with Crippen LogP contribution in [0.3, 0.4) is 0 Å². The molecule has 6 heteroatoms. The number of nitrogen functional groups attached to an aromatic ring is 1. The van der Waals surface area contributed by atoms with Crippen LogP contribution < -0.4 is 11.1 Å². The number of ether oxygens (including phenoxy) is 2. The van der Waals surface area contributed by atoms with E-state index in [4.69, 9.17) is 15.2 Å². The molecule has 3 N–H and O–H groups in total. The Labute approximate surface area is 104 Å². The highest BCUT2D eigenvalue weighted by atomic mass is 19.1. The number of rotatable bonds is 3. The van der Waals surface area contributed by atoms with Crippen LogP contribution in [0, 0.1) is 5.82 Å². The molecule has 0 bridgehead atoms. The van der Waals surface area contributed by atoms with Gasteiger partial charge in [-0.2, -0.15) is 0 Å². The summed E-state index contributed by atoms with van der Waals surface area (Å²) < 4.78 is 23.8. The van der Waals surface area contributed by atoms with E-state index in [1.165, 1.54) is 12.1 Å². The van der Waals surface area contributed by atoms with Crippen LogP contribution in [0.25, 0.3) is 0 Å². The van der Waals surface area contributed by atoms with Crippen molar-refractivity contribution >= 4 is 11.6 Å². The molecule has 1 unspecified atom stereocenters. The number of amides is 1. The molecule has 0 aliphatic carbocycles. The molecule has 5 nitrogen and oxygen atoms in total. The molecule has 0 radical (unpaired) electrons. The van der Waals surface area contributed by atoms with E-state index < -0.39 is 5.82 Å². The molecule has 0 spiro atoms. The zero-order chi connectivity index (χ0) is 13.0. The lowest BCUT2D eigenvalue weighted by molar-refractivity contribution is -0.0855. The molecule has 1 saturated heterocycles. The molecule has 1 amide bonds. The van der Waals surface area contributed by atoms with Crippen LogP contribution in [0.1, 0.15) is 10.4 Å². The number of nitrogens with two attached hydrogens (primary N) is 1. The Balaban J connectivity index is 1.88. The molecule has 1 atom stereocenters. The number of nitrogens with one attached hydrogen (secondary N) is 1. The lowest BCUT2D eigenvalue weighted by Crippen LogP contribution is -2.39. The van der Waals surface area contributed by atoms with E-state index in [-0.39, 0.29) is 23.3 Å². The van der Waals surface area contributed by atoms with Crippen molar-refractivity contribution in [2.45, 2.75) is 6.10 Å². The molecule has 1 aromatic carbocycles. The second-order valence-electron chi connectivity index (χ2n) is 4.01. The van der Waals surface area contributed by atoms with Gasteiger partial charge in [0.2, 0.25) is 0 Å². The fourth-order valence-corrected chi connectivity index (χ4v) is 1.63. The number of hydrogen-bond acceptors (Lipinski definition) is 4. The molecule has 1 aliphatic heterocycles. The smallest absolute Gasteiger partial charge is 0.251 e. The van der Waals surface area contributed by atoms with Crippen molar-refractivity contribution in [1.29, 1.82) is 0 Å². The molecular formula is C12H15FN2O3. The molecule has 0 saturated carbocycles. The fraction of sp³-hybridized carbons (Fsp3) is 0.417. The average Bonchev–Trinajstić information content (AvgIpc) is 2.40. The van der Waals surface area contributed by atoms with Gasteiger partial charge in [0, 0.05) is 12.1 Å². The molecule has 1 fully saturated rings. The van der Waals surface area contributed by atoms with Crippen LogP contribution in [-0.4, -0.2) is 38.4 Å². The minimum Gasteiger partial charge on any atom is -0.396 e. The number of anilines is 1. The summed E-state index contributed by atoms with van der Waals surface area (Å²) in [4.78, 5) is 11.7.